The molecule has 0 aromatic rings. The van der Waals surface area contributed by atoms with Gasteiger partial charge in [0.15, 0.2) is 0 Å². The molecule has 0 bridgehead atoms. The molecule has 2 saturated heterocycles. The number of nitrogens with zero attached hydrogens (tertiary/aromatic N) is 1. The lowest BCUT2D eigenvalue weighted by Gasteiger charge is -2.27. The van der Waals surface area contributed by atoms with Gasteiger partial charge in [-0.2, -0.15) is 0 Å². The fourth-order valence-electron chi connectivity index (χ4n) is 3.83. The molecule has 0 aromatic carbocycles. The molecule has 7 N–H and O–H groups in total. The van der Waals surface area contributed by atoms with Crippen LogP contribution in [0.25, 0.3) is 0 Å². The van der Waals surface area contributed by atoms with E-state index in [-0.39, 0.29) is 47.1 Å². The van der Waals surface area contributed by atoms with Crippen LogP contribution >= 0.6 is 48.3 Å². The van der Waals surface area contributed by atoms with Crippen LogP contribution in [0, 0.1) is 0 Å². The van der Waals surface area contributed by atoms with Gasteiger partial charge in [-0.15, -0.1) is 48.3 Å². The smallest absolute Gasteiger partial charge is 0.243 e. The van der Waals surface area contributed by atoms with Gasteiger partial charge in [-0.05, 0) is 32.2 Å². The van der Waals surface area contributed by atoms with Crippen molar-refractivity contribution in [3.63, 3.8) is 0 Å². The summed E-state index contributed by atoms with van der Waals surface area (Å²) < 4.78 is -0.105. The zero-order valence-electron chi connectivity index (χ0n) is 18.3. The Hall–Kier alpha value is -0.430. The average molecular weight is 535 g/mol. The molecular formula is C19H37Cl2N5O4S2. The first kappa shape index (κ1) is 31.6. The molecule has 2 aliphatic heterocycles. The summed E-state index contributed by atoms with van der Waals surface area (Å²) in [6, 6.07) is -1.09. The second-order valence-corrected chi connectivity index (χ2v) is 11.0. The van der Waals surface area contributed by atoms with Crippen LogP contribution < -0.4 is 22.3 Å². The highest BCUT2D eigenvalue weighted by Gasteiger charge is 2.51. The predicted molar refractivity (Wildman–Crippen MR) is 135 cm³/mol. The number of hydrogen-bond acceptors (Lipinski definition) is 8. The van der Waals surface area contributed by atoms with E-state index in [0.717, 1.165) is 37.2 Å². The zero-order valence-corrected chi connectivity index (χ0v) is 21.5. The van der Waals surface area contributed by atoms with Gasteiger partial charge in [0.2, 0.25) is 17.7 Å². The fourth-order valence-corrected chi connectivity index (χ4v) is 7.08. The van der Waals surface area contributed by atoms with Gasteiger partial charge in [-0.3, -0.25) is 19.6 Å². The van der Waals surface area contributed by atoms with Crippen molar-refractivity contribution in [1.82, 2.24) is 15.7 Å². The van der Waals surface area contributed by atoms with Crippen molar-refractivity contribution in [3.8, 4) is 0 Å². The Bertz CT molecular complexity index is 600. The van der Waals surface area contributed by atoms with Crippen LogP contribution in [0.2, 0.25) is 0 Å². The van der Waals surface area contributed by atoms with Crippen molar-refractivity contribution in [2.24, 2.45) is 11.5 Å². The SMILES string of the molecule is Cl.Cl.NCCCC[C@H](N)C(=O)N1CC2(C[C@H]1C(=O)NCCCCCC(=O)NO)SCCS2. The molecule has 2 aliphatic rings. The molecule has 13 heteroatoms. The maximum Gasteiger partial charge on any atom is 0.243 e. The number of thioether (sulfide) groups is 2. The minimum absolute atomic E-state index is 0. The number of unbranched alkanes of at least 4 members (excludes halogenated alkanes) is 3. The van der Waals surface area contributed by atoms with Gasteiger partial charge in [0.05, 0.1) is 10.1 Å². The number of carbonyl (C=O) groups excluding carboxylic acids is 3. The molecule has 188 valence electrons. The number of hydrogen-bond donors (Lipinski definition) is 5. The minimum Gasteiger partial charge on any atom is -0.354 e. The van der Waals surface area contributed by atoms with Crippen LogP contribution in [-0.4, -0.2) is 75.1 Å². The van der Waals surface area contributed by atoms with Crippen molar-refractivity contribution < 1.29 is 19.6 Å². The number of amides is 3. The number of nitrogens with two attached hydrogens (primary N) is 2. The molecule has 0 aliphatic carbocycles. The van der Waals surface area contributed by atoms with Crippen LogP contribution in [-0.2, 0) is 14.4 Å². The molecule has 1 spiro atoms. The van der Waals surface area contributed by atoms with E-state index in [1.165, 1.54) is 0 Å². The molecular weight excluding hydrogens is 497 g/mol. The lowest BCUT2D eigenvalue weighted by atomic mass is 10.1. The molecule has 2 fully saturated rings. The second kappa shape index (κ2) is 16.2. The van der Waals surface area contributed by atoms with E-state index >= 15 is 0 Å². The third-order valence-corrected chi connectivity index (χ3v) is 8.91. The van der Waals surface area contributed by atoms with Crippen molar-refractivity contribution in [3.05, 3.63) is 0 Å². The van der Waals surface area contributed by atoms with E-state index in [2.05, 4.69) is 5.32 Å². The first-order chi connectivity index (χ1) is 14.4. The van der Waals surface area contributed by atoms with E-state index in [0.29, 0.717) is 38.9 Å². The number of carbonyl (C=O) groups is 3. The van der Waals surface area contributed by atoms with Gasteiger partial charge >= 0.3 is 0 Å². The van der Waals surface area contributed by atoms with Crippen molar-refractivity contribution in [1.29, 1.82) is 0 Å². The monoisotopic (exact) mass is 533 g/mol. The minimum atomic E-state index is -0.601. The summed E-state index contributed by atoms with van der Waals surface area (Å²) in [4.78, 5) is 38.6. The molecule has 3 amide bonds. The van der Waals surface area contributed by atoms with Crippen molar-refractivity contribution in [2.75, 3.05) is 31.1 Å². The van der Waals surface area contributed by atoms with E-state index in [1.807, 2.05) is 23.5 Å². The van der Waals surface area contributed by atoms with Crippen LogP contribution in [0.4, 0.5) is 0 Å². The van der Waals surface area contributed by atoms with Crippen LogP contribution in [0.3, 0.4) is 0 Å². The third-order valence-electron chi connectivity index (χ3n) is 5.48. The number of nitrogens with one attached hydrogen (secondary N) is 2. The number of hydroxylamine groups is 1. The van der Waals surface area contributed by atoms with E-state index < -0.39 is 18.0 Å². The summed E-state index contributed by atoms with van der Waals surface area (Å²) in [6.45, 7) is 1.63. The normalized spacial score (nSPS) is 19.7. The van der Waals surface area contributed by atoms with Gasteiger partial charge in [-0.25, -0.2) is 5.48 Å². The van der Waals surface area contributed by atoms with Gasteiger partial charge in [0, 0.05) is 37.4 Å². The molecule has 2 heterocycles. The molecule has 0 aromatic heterocycles. The average Bonchev–Trinajstić information content (AvgIpc) is 3.36. The molecule has 32 heavy (non-hydrogen) atoms. The number of halogens is 2. The standard InChI is InChI=1S/C19H35N5O4S2.2ClH/c20-8-4-3-6-14(21)18(27)24-13-19(29-10-11-30-19)12-15(24)17(26)22-9-5-1-2-7-16(25)23-28;;/h14-15,28H,1-13,20-21H2,(H,22,26)(H,23,25);2*1H/t14-,15-;;/m0../s1. The van der Waals surface area contributed by atoms with E-state index in [9.17, 15) is 14.4 Å². The predicted octanol–water partition coefficient (Wildman–Crippen LogP) is 1.25. The quantitative estimate of drug-likeness (QED) is 0.143. The second-order valence-electron chi connectivity index (χ2n) is 7.82. The van der Waals surface area contributed by atoms with Crippen molar-refractivity contribution in [2.45, 2.75) is 67.5 Å². The van der Waals surface area contributed by atoms with Gasteiger partial charge in [0.1, 0.15) is 6.04 Å². The Labute approximate surface area is 211 Å². The Morgan fingerprint density at radius 3 is 2.41 bits per heavy atom. The Kier molecular flexibility index (Phi) is 16.0. The van der Waals surface area contributed by atoms with Crippen LogP contribution in [0.15, 0.2) is 0 Å². The number of rotatable bonds is 12. The third kappa shape index (κ3) is 9.44. The van der Waals surface area contributed by atoms with E-state index in [4.69, 9.17) is 16.7 Å². The topological polar surface area (TPSA) is 151 Å². The summed E-state index contributed by atoms with van der Waals surface area (Å²) in [5.41, 5.74) is 13.3. The Morgan fingerprint density at radius 2 is 1.78 bits per heavy atom. The summed E-state index contributed by atoms with van der Waals surface area (Å²) in [5, 5.41) is 11.4. The highest BCUT2D eigenvalue weighted by molar-refractivity contribution is 8.21. The lowest BCUT2D eigenvalue weighted by molar-refractivity contribution is -0.139. The van der Waals surface area contributed by atoms with Crippen LogP contribution in [0.1, 0.15) is 51.4 Å². The highest BCUT2D eigenvalue weighted by atomic mass is 35.5. The molecule has 9 nitrogen and oxygen atoms in total. The maximum absolute atomic E-state index is 13.0. The van der Waals surface area contributed by atoms with Gasteiger partial charge < -0.3 is 21.7 Å². The summed E-state index contributed by atoms with van der Waals surface area (Å²) >= 11 is 3.68. The zero-order chi connectivity index (χ0) is 22.0. The van der Waals surface area contributed by atoms with Crippen molar-refractivity contribution >= 4 is 66.1 Å². The maximum atomic E-state index is 13.0. The van der Waals surface area contributed by atoms with Gasteiger partial charge in [0.25, 0.3) is 0 Å². The van der Waals surface area contributed by atoms with E-state index in [1.54, 1.807) is 10.4 Å². The molecule has 2 atom stereocenters. The molecule has 0 unspecified atom stereocenters. The Morgan fingerprint density at radius 1 is 1.09 bits per heavy atom. The first-order valence-corrected chi connectivity index (χ1v) is 12.6. The largest absolute Gasteiger partial charge is 0.354 e. The molecule has 0 radical (unpaired) electrons. The van der Waals surface area contributed by atoms with Gasteiger partial charge in [-0.1, -0.05) is 12.8 Å². The summed E-state index contributed by atoms with van der Waals surface area (Å²) in [5.74, 6) is 1.39. The Balaban J connectivity index is 0.00000480. The van der Waals surface area contributed by atoms with Crippen LogP contribution in [0.5, 0.6) is 0 Å². The highest BCUT2D eigenvalue weighted by Crippen LogP contribution is 2.51. The molecule has 2 rings (SSSR count). The molecule has 0 saturated carbocycles. The first-order valence-electron chi connectivity index (χ1n) is 10.7. The number of likely N-dealkylation sites (tertiary alicyclic amines) is 1. The summed E-state index contributed by atoms with van der Waals surface area (Å²) in [6.07, 6.45) is 5.26. The lowest BCUT2D eigenvalue weighted by Crippen LogP contribution is -2.51. The fraction of sp³-hybridized carbons (Fsp3) is 0.842. The summed E-state index contributed by atoms with van der Waals surface area (Å²) in [7, 11) is 0.